The van der Waals surface area contributed by atoms with Gasteiger partial charge in [0.15, 0.2) is 0 Å². The lowest BCUT2D eigenvalue weighted by atomic mass is 9.98. The average Bonchev–Trinajstić information content (AvgIpc) is 3.75. The zero-order valence-corrected chi connectivity index (χ0v) is 28.0. The van der Waals surface area contributed by atoms with Crippen LogP contribution in [0.2, 0.25) is 0 Å². The largest absolute Gasteiger partial charge is 0.456 e. The number of nitrogens with zero attached hydrogens (tertiary/aromatic N) is 1. The summed E-state index contributed by atoms with van der Waals surface area (Å²) in [5.74, 6) is 0. The third-order valence-corrected chi connectivity index (χ3v) is 11.1. The molecular weight excluding hydrogens is 627 g/mol. The van der Waals surface area contributed by atoms with E-state index in [2.05, 4.69) is 175 Å². The van der Waals surface area contributed by atoms with E-state index in [1.54, 1.807) is 0 Å². The highest BCUT2D eigenvalue weighted by Gasteiger charge is 2.17. The van der Waals surface area contributed by atoms with E-state index < -0.39 is 0 Å². The van der Waals surface area contributed by atoms with Gasteiger partial charge in [-0.05, 0) is 93.2 Å². The molecule has 0 aliphatic heterocycles. The summed E-state index contributed by atoms with van der Waals surface area (Å²) < 4.78 is 8.95. The predicted molar refractivity (Wildman–Crippen MR) is 214 cm³/mol. The third kappa shape index (κ3) is 4.86. The van der Waals surface area contributed by atoms with Crippen molar-refractivity contribution in [2.24, 2.45) is 0 Å². The molecule has 10 rings (SSSR count). The number of fused-ring (bicyclic) bond motifs is 7. The second-order valence-electron chi connectivity index (χ2n) is 12.9. The van der Waals surface area contributed by atoms with Gasteiger partial charge in [0.1, 0.15) is 11.2 Å². The van der Waals surface area contributed by atoms with Crippen molar-refractivity contribution in [1.29, 1.82) is 0 Å². The highest BCUT2D eigenvalue weighted by atomic mass is 32.1. The molecule has 0 aliphatic rings. The van der Waals surface area contributed by atoms with Crippen LogP contribution in [0, 0.1) is 0 Å². The van der Waals surface area contributed by atoms with Crippen molar-refractivity contribution in [3.8, 4) is 22.3 Å². The summed E-state index contributed by atoms with van der Waals surface area (Å²) >= 11 is 1.86. The number of furan rings is 1. The van der Waals surface area contributed by atoms with Crippen molar-refractivity contribution in [1.82, 2.24) is 0 Å². The van der Waals surface area contributed by atoms with Crippen molar-refractivity contribution in [2.75, 3.05) is 4.90 Å². The minimum absolute atomic E-state index is 0.687. The second kappa shape index (κ2) is 11.8. The Bertz CT molecular complexity index is 2850. The summed E-state index contributed by atoms with van der Waals surface area (Å²) in [5, 5.41) is 7.47. The Morgan fingerprint density at radius 2 is 1.12 bits per heavy atom. The van der Waals surface area contributed by atoms with Crippen LogP contribution in [-0.4, -0.2) is 0 Å². The molecule has 0 radical (unpaired) electrons. The summed E-state index contributed by atoms with van der Waals surface area (Å²) in [5.41, 5.74) is 10.2. The topological polar surface area (TPSA) is 16.4 Å². The highest BCUT2D eigenvalue weighted by Crippen LogP contribution is 2.40. The molecule has 10 aromatic rings. The monoisotopic (exact) mass is 657 g/mol. The molecule has 0 amide bonds. The minimum Gasteiger partial charge on any atom is -0.456 e. The summed E-state index contributed by atoms with van der Waals surface area (Å²) in [6, 6.07) is 63.6. The Kier molecular flexibility index (Phi) is 6.78. The maximum atomic E-state index is 6.30. The summed E-state index contributed by atoms with van der Waals surface area (Å²) in [6.07, 6.45) is 0. The lowest BCUT2D eigenvalue weighted by Gasteiger charge is -2.26. The van der Waals surface area contributed by atoms with E-state index in [1.807, 2.05) is 17.4 Å². The molecule has 0 bridgehead atoms. The van der Waals surface area contributed by atoms with Crippen molar-refractivity contribution < 1.29 is 4.42 Å². The number of hydrogen-bond donors (Lipinski definition) is 0. The van der Waals surface area contributed by atoms with E-state index in [0.717, 1.165) is 27.9 Å². The van der Waals surface area contributed by atoms with Crippen molar-refractivity contribution >= 4 is 75.6 Å². The highest BCUT2D eigenvalue weighted by molar-refractivity contribution is 7.25. The van der Waals surface area contributed by atoms with Crippen molar-refractivity contribution in [3.05, 3.63) is 181 Å². The lowest BCUT2D eigenvalue weighted by Crippen LogP contribution is -2.16. The first-order valence-corrected chi connectivity index (χ1v) is 17.9. The van der Waals surface area contributed by atoms with Crippen LogP contribution in [0.25, 0.3) is 75.1 Å². The normalized spacial score (nSPS) is 11.7. The van der Waals surface area contributed by atoms with Gasteiger partial charge in [-0.2, -0.15) is 0 Å². The molecule has 3 heteroatoms. The molecule has 2 heterocycles. The van der Waals surface area contributed by atoms with Crippen LogP contribution in [-0.2, 0) is 6.54 Å². The number of anilines is 2. The van der Waals surface area contributed by atoms with Gasteiger partial charge in [-0.15, -0.1) is 11.3 Å². The first kappa shape index (κ1) is 28.8. The van der Waals surface area contributed by atoms with Crippen LogP contribution in [0.3, 0.4) is 0 Å². The first-order valence-electron chi connectivity index (χ1n) is 17.0. The number of thiophene rings is 1. The Balaban J connectivity index is 1.10. The van der Waals surface area contributed by atoms with Gasteiger partial charge >= 0.3 is 0 Å². The second-order valence-corrected chi connectivity index (χ2v) is 14.0. The molecule has 236 valence electrons. The molecular formula is C47H31NOS. The van der Waals surface area contributed by atoms with Gasteiger partial charge in [0, 0.05) is 48.9 Å². The van der Waals surface area contributed by atoms with Crippen molar-refractivity contribution in [3.63, 3.8) is 0 Å². The fourth-order valence-electron chi connectivity index (χ4n) is 7.54. The van der Waals surface area contributed by atoms with Crippen LogP contribution >= 0.6 is 11.3 Å². The number of hydrogen-bond acceptors (Lipinski definition) is 3. The molecule has 0 atom stereocenters. The molecule has 0 saturated carbocycles. The SMILES string of the molecule is c1cc(-c2ccc3sc4ccccc4c3c2)cc(N(Cc2cccc3oc4ccccc4c23)c2ccc(-c3cccc4ccccc34)cc2)c1. The van der Waals surface area contributed by atoms with Crippen molar-refractivity contribution in [2.45, 2.75) is 6.54 Å². The molecule has 2 nitrogen and oxygen atoms in total. The molecule has 0 saturated heterocycles. The maximum absolute atomic E-state index is 6.30. The maximum Gasteiger partial charge on any atom is 0.135 e. The van der Waals surface area contributed by atoms with E-state index in [1.165, 1.54) is 64.1 Å². The zero-order valence-electron chi connectivity index (χ0n) is 27.2. The molecule has 0 fully saturated rings. The Labute approximate surface area is 294 Å². The molecule has 0 N–H and O–H groups in total. The quantitative estimate of drug-likeness (QED) is 0.177. The molecule has 50 heavy (non-hydrogen) atoms. The van der Waals surface area contributed by atoms with Crippen LogP contribution < -0.4 is 4.90 Å². The Hall–Kier alpha value is -6.16. The van der Waals surface area contributed by atoms with Gasteiger partial charge in [-0.25, -0.2) is 0 Å². The smallest absolute Gasteiger partial charge is 0.135 e. The minimum atomic E-state index is 0.687. The van der Waals surface area contributed by atoms with Crippen LogP contribution in [0.4, 0.5) is 11.4 Å². The zero-order chi connectivity index (χ0) is 33.0. The number of rotatable bonds is 6. The van der Waals surface area contributed by atoms with Crippen LogP contribution in [0.1, 0.15) is 5.56 Å². The van der Waals surface area contributed by atoms with Gasteiger partial charge in [0.05, 0.1) is 0 Å². The molecule has 8 aromatic carbocycles. The van der Waals surface area contributed by atoms with E-state index in [4.69, 9.17) is 4.42 Å². The predicted octanol–water partition coefficient (Wildman–Crippen LogP) is 13.8. The molecule has 0 unspecified atom stereocenters. The van der Waals surface area contributed by atoms with Gasteiger partial charge in [-0.1, -0.05) is 121 Å². The fourth-order valence-corrected chi connectivity index (χ4v) is 8.63. The first-order chi connectivity index (χ1) is 24.8. The van der Waals surface area contributed by atoms with Gasteiger partial charge < -0.3 is 9.32 Å². The Morgan fingerprint density at radius 1 is 0.440 bits per heavy atom. The standard InChI is InChI=1S/C47H31NOS/c1-2-15-38-31(10-1)11-8-18-39(38)32-22-25-36(26-23-32)48(30-35-13-9-20-44-47(35)41-17-3-5-19-43(41)49-44)37-14-7-12-33(28-37)34-24-27-46-42(29-34)40-16-4-6-21-45(40)50-46/h1-29H,30H2. The van der Waals surface area contributed by atoms with Gasteiger partial charge in [-0.3, -0.25) is 0 Å². The van der Waals surface area contributed by atoms with Gasteiger partial charge in [0.2, 0.25) is 0 Å². The van der Waals surface area contributed by atoms with E-state index >= 15 is 0 Å². The number of benzene rings is 8. The number of para-hydroxylation sites is 1. The van der Waals surface area contributed by atoms with E-state index in [9.17, 15) is 0 Å². The molecule has 0 aliphatic carbocycles. The summed E-state index contributed by atoms with van der Waals surface area (Å²) in [7, 11) is 0. The molecule has 0 spiro atoms. The van der Waals surface area contributed by atoms with E-state index in [-0.39, 0.29) is 0 Å². The summed E-state index contributed by atoms with van der Waals surface area (Å²) in [4.78, 5) is 2.44. The fraction of sp³-hybridized carbons (Fsp3) is 0.0213. The van der Waals surface area contributed by atoms with Gasteiger partial charge in [0.25, 0.3) is 0 Å². The average molecular weight is 658 g/mol. The van der Waals surface area contributed by atoms with Crippen LogP contribution in [0.15, 0.2) is 180 Å². The summed E-state index contributed by atoms with van der Waals surface area (Å²) in [6.45, 7) is 0.687. The Morgan fingerprint density at radius 3 is 2.04 bits per heavy atom. The van der Waals surface area contributed by atoms with E-state index in [0.29, 0.717) is 6.54 Å². The molecule has 2 aromatic heterocycles. The lowest BCUT2D eigenvalue weighted by molar-refractivity contribution is 0.668. The third-order valence-electron chi connectivity index (χ3n) is 9.96. The van der Waals surface area contributed by atoms with Crippen LogP contribution in [0.5, 0.6) is 0 Å².